The van der Waals surface area contributed by atoms with E-state index in [0.29, 0.717) is 22.3 Å². The highest BCUT2D eigenvalue weighted by Gasteiger charge is 2.07. The molecule has 1 aromatic carbocycles. The lowest BCUT2D eigenvalue weighted by atomic mass is 10.2. The van der Waals surface area contributed by atoms with Crippen molar-refractivity contribution in [3.8, 4) is 0 Å². The first-order chi connectivity index (χ1) is 10.1. The van der Waals surface area contributed by atoms with Crippen LogP contribution in [0.2, 0.25) is 10.0 Å². The zero-order valence-corrected chi connectivity index (χ0v) is 13.6. The topological polar surface area (TPSA) is 39.2 Å². The lowest BCUT2D eigenvalue weighted by molar-refractivity contribution is -0.142. The molecule has 0 fully saturated rings. The highest BCUT2D eigenvalue weighted by atomic mass is 35.5. The van der Waals surface area contributed by atoms with E-state index in [1.54, 1.807) is 19.1 Å². The number of thiazole rings is 1. The maximum atomic E-state index is 11.4. The largest absolute Gasteiger partial charge is 0.466 e. The average Bonchev–Trinajstić information content (AvgIpc) is 2.88. The van der Waals surface area contributed by atoms with Crippen LogP contribution in [0.15, 0.2) is 23.6 Å². The van der Waals surface area contributed by atoms with Crippen LogP contribution in [0.4, 0.5) is 0 Å². The van der Waals surface area contributed by atoms with Crippen molar-refractivity contribution in [3.63, 3.8) is 0 Å². The molecule has 0 unspecified atom stereocenters. The highest BCUT2D eigenvalue weighted by molar-refractivity contribution is 7.10. The van der Waals surface area contributed by atoms with Crippen LogP contribution >= 0.6 is 34.5 Å². The van der Waals surface area contributed by atoms with Crippen LogP contribution in [0.25, 0.3) is 12.2 Å². The van der Waals surface area contributed by atoms with E-state index >= 15 is 0 Å². The summed E-state index contributed by atoms with van der Waals surface area (Å²) >= 11 is 13.3. The maximum absolute atomic E-state index is 11.4. The van der Waals surface area contributed by atoms with Crippen molar-refractivity contribution in [3.05, 3.63) is 49.9 Å². The molecule has 2 aromatic rings. The Kier molecular flexibility index (Phi) is 5.79. The van der Waals surface area contributed by atoms with E-state index < -0.39 is 0 Å². The normalized spacial score (nSPS) is 11.0. The van der Waals surface area contributed by atoms with Crippen LogP contribution in [0.3, 0.4) is 0 Å². The standard InChI is InChI=1S/C15H13Cl2NO2S/c1-2-20-15(19)8-11-9-21-14(18-11)6-4-10-3-5-12(16)13(17)7-10/h3-7,9H,2,8H2,1H3. The summed E-state index contributed by atoms with van der Waals surface area (Å²) in [6, 6.07) is 5.41. The summed E-state index contributed by atoms with van der Waals surface area (Å²) in [5.74, 6) is -0.261. The van der Waals surface area contributed by atoms with Gasteiger partial charge in [0.05, 0.1) is 28.8 Å². The number of hydrogen-bond acceptors (Lipinski definition) is 4. The molecule has 0 aliphatic rings. The minimum absolute atomic E-state index is 0.199. The van der Waals surface area contributed by atoms with Crippen LogP contribution in [-0.2, 0) is 16.0 Å². The molecule has 0 bridgehead atoms. The first-order valence-electron chi connectivity index (χ1n) is 6.31. The Morgan fingerprint density at radius 3 is 2.86 bits per heavy atom. The molecule has 21 heavy (non-hydrogen) atoms. The van der Waals surface area contributed by atoms with Gasteiger partial charge < -0.3 is 4.74 Å². The SMILES string of the molecule is CCOC(=O)Cc1csc(C=Cc2ccc(Cl)c(Cl)c2)n1. The maximum Gasteiger partial charge on any atom is 0.311 e. The summed E-state index contributed by atoms with van der Waals surface area (Å²) in [5.41, 5.74) is 1.65. The summed E-state index contributed by atoms with van der Waals surface area (Å²) < 4.78 is 4.89. The summed E-state index contributed by atoms with van der Waals surface area (Å²) in [5, 5.41) is 3.71. The molecule has 0 saturated carbocycles. The Bertz CT molecular complexity index is 667. The molecule has 0 N–H and O–H groups in total. The second-order valence-corrected chi connectivity index (χ2v) is 5.87. The number of ether oxygens (including phenoxy) is 1. The van der Waals surface area contributed by atoms with E-state index in [-0.39, 0.29) is 12.4 Å². The molecular formula is C15H13Cl2NO2S. The van der Waals surface area contributed by atoms with Gasteiger partial charge in [0.2, 0.25) is 0 Å². The molecule has 110 valence electrons. The summed E-state index contributed by atoms with van der Waals surface area (Å²) in [6.45, 7) is 2.16. The number of nitrogens with zero attached hydrogens (tertiary/aromatic N) is 1. The fourth-order valence-corrected chi connectivity index (χ4v) is 2.64. The lowest BCUT2D eigenvalue weighted by Gasteiger charge is -1.98. The minimum Gasteiger partial charge on any atom is -0.466 e. The summed E-state index contributed by atoms with van der Waals surface area (Å²) in [6.07, 6.45) is 3.97. The molecule has 6 heteroatoms. The second kappa shape index (κ2) is 7.59. The third-order valence-electron chi connectivity index (χ3n) is 2.56. The van der Waals surface area contributed by atoms with Crippen LogP contribution in [0.1, 0.15) is 23.2 Å². The van der Waals surface area contributed by atoms with Gasteiger partial charge in [0.25, 0.3) is 0 Å². The predicted octanol–water partition coefficient (Wildman–Crippen LogP) is 4.73. The van der Waals surface area contributed by atoms with Gasteiger partial charge in [0.15, 0.2) is 0 Å². The Morgan fingerprint density at radius 1 is 1.33 bits per heavy atom. The van der Waals surface area contributed by atoms with Crippen molar-refractivity contribution in [2.24, 2.45) is 0 Å². The van der Waals surface area contributed by atoms with Gasteiger partial charge >= 0.3 is 5.97 Å². The minimum atomic E-state index is -0.261. The van der Waals surface area contributed by atoms with Gasteiger partial charge in [-0.25, -0.2) is 4.98 Å². The average molecular weight is 342 g/mol. The number of aromatic nitrogens is 1. The monoisotopic (exact) mass is 341 g/mol. The van der Waals surface area contributed by atoms with E-state index in [0.717, 1.165) is 10.6 Å². The van der Waals surface area contributed by atoms with Crippen molar-refractivity contribution >= 4 is 52.7 Å². The van der Waals surface area contributed by atoms with Crippen LogP contribution in [-0.4, -0.2) is 17.6 Å². The zero-order chi connectivity index (χ0) is 15.2. The molecule has 0 spiro atoms. The smallest absolute Gasteiger partial charge is 0.311 e. The number of hydrogen-bond donors (Lipinski definition) is 0. The second-order valence-electron chi connectivity index (χ2n) is 4.17. The van der Waals surface area contributed by atoms with E-state index in [1.807, 2.05) is 23.6 Å². The van der Waals surface area contributed by atoms with Crippen LogP contribution in [0.5, 0.6) is 0 Å². The first-order valence-corrected chi connectivity index (χ1v) is 7.95. The third-order valence-corrected chi connectivity index (χ3v) is 4.16. The van der Waals surface area contributed by atoms with Crippen LogP contribution < -0.4 is 0 Å². The quantitative estimate of drug-likeness (QED) is 0.738. The van der Waals surface area contributed by atoms with Gasteiger partial charge in [-0.15, -0.1) is 11.3 Å². The van der Waals surface area contributed by atoms with Gasteiger partial charge in [-0.2, -0.15) is 0 Å². The van der Waals surface area contributed by atoms with Crippen molar-refractivity contribution in [2.75, 3.05) is 6.61 Å². The third kappa shape index (κ3) is 4.84. The molecule has 0 saturated heterocycles. The van der Waals surface area contributed by atoms with Crippen molar-refractivity contribution in [1.82, 2.24) is 4.98 Å². The summed E-state index contributed by atoms with van der Waals surface area (Å²) in [4.78, 5) is 15.7. The van der Waals surface area contributed by atoms with Gasteiger partial charge in [-0.3, -0.25) is 4.79 Å². The Labute approximate surface area is 137 Å². The first kappa shape index (κ1) is 16.0. The molecule has 3 nitrogen and oxygen atoms in total. The lowest BCUT2D eigenvalue weighted by Crippen LogP contribution is -2.07. The van der Waals surface area contributed by atoms with E-state index in [9.17, 15) is 4.79 Å². The zero-order valence-electron chi connectivity index (χ0n) is 11.3. The fourth-order valence-electron chi connectivity index (χ4n) is 1.62. The van der Waals surface area contributed by atoms with Gasteiger partial charge in [-0.1, -0.05) is 35.3 Å². The molecule has 1 heterocycles. The van der Waals surface area contributed by atoms with Crippen molar-refractivity contribution in [1.29, 1.82) is 0 Å². The number of benzene rings is 1. The summed E-state index contributed by atoms with van der Waals surface area (Å²) in [7, 11) is 0. The Balaban J connectivity index is 2.03. The molecule has 0 atom stereocenters. The van der Waals surface area contributed by atoms with Gasteiger partial charge in [-0.05, 0) is 30.7 Å². The Morgan fingerprint density at radius 2 is 2.14 bits per heavy atom. The van der Waals surface area contributed by atoms with E-state index in [4.69, 9.17) is 27.9 Å². The molecule has 0 aliphatic heterocycles. The van der Waals surface area contributed by atoms with E-state index in [1.165, 1.54) is 11.3 Å². The number of esters is 1. The molecule has 0 aliphatic carbocycles. The Hall–Kier alpha value is -1.36. The van der Waals surface area contributed by atoms with Crippen molar-refractivity contribution < 1.29 is 9.53 Å². The van der Waals surface area contributed by atoms with E-state index in [2.05, 4.69) is 4.98 Å². The number of halogens is 2. The molecule has 1 aromatic heterocycles. The predicted molar refractivity (Wildman–Crippen MR) is 87.8 cm³/mol. The number of rotatable bonds is 5. The fraction of sp³-hybridized carbons (Fsp3) is 0.200. The molecular weight excluding hydrogens is 329 g/mol. The number of carbonyl (C=O) groups is 1. The van der Waals surface area contributed by atoms with Crippen LogP contribution in [0, 0.1) is 0 Å². The number of carbonyl (C=O) groups excluding carboxylic acids is 1. The highest BCUT2D eigenvalue weighted by Crippen LogP contribution is 2.23. The molecule has 2 rings (SSSR count). The molecule has 0 amide bonds. The van der Waals surface area contributed by atoms with Gasteiger partial charge in [0, 0.05) is 5.38 Å². The van der Waals surface area contributed by atoms with Crippen molar-refractivity contribution in [2.45, 2.75) is 13.3 Å². The molecule has 0 radical (unpaired) electrons. The van der Waals surface area contributed by atoms with Gasteiger partial charge in [0.1, 0.15) is 5.01 Å².